The Kier molecular flexibility index (Phi) is 8.72. The van der Waals surface area contributed by atoms with Crippen molar-refractivity contribution < 1.29 is 31.1 Å². The molecule has 3 aliphatic heterocycles. The molecular weight excluding hydrogens is 591 g/mol. The molecule has 3 aliphatic rings. The Morgan fingerprint density at radius 1 is 0.932 bits per heavy atom. The number of likely N-dealkylation sites (tertiary alicyclic amines) is 1. The zero-order valence-corrected chi connectivity index (χ0v) is 25.2. The van der Waals surface area contributed by atoms with Crippen molar-refractivity contribution in [2.24, 2.45) is 0 Å². The Morgan fingerprint density at radius 3 is 2.52 bits per heavy atom. The maximum Gasteiger partial charge on any atom is 0.416 e. The van der Waals surface area contributed by atoms with E-state index >= 15 is 0 Å². The molecule has 1 amide bonds. The maximum atomic E-state index is 13.8. The summed E-state index contributed by atoms with van der Waals surface area (Å²) < 4.78 is 75.0. The molecule has 1 unspecified atom stereocenters. The van der Waals surface area contributed by atoms with Crippen LogP contribution in [0.4, 0.5) is 13.2 Å². The fourth-order valence-electron chi connectivity index (χ4n) is 6.58. The molecule has 7 nitrogen and oxygen atoms in total. The average Bonchev–Trinajstić information content (AvgIpc) is 3.01. The zero-order valence-electron chi connectivity index (χ0n) is 24.4. The summed E-state index contributed by atoms with van der Waals surface area (Å²) in [4.78, 5) is 15.6. The summed E-state index contributed by atoms with van der Waals surface area (Å²) in [5, 5.41) is 3.10. The number of piperidine rings is 1. The van der Waals surface area contributed by atoms with Gasteiger partial charge in [-0.1, -0.05) is 48.9 Å². The van der Waals surface area contributed by atoms with Gasteiger partial charge in [-0.3, -0.25) is 9.69 Å². The van der Waals surface area contributed by atoms with Gasteiger partial charge in [0.25, 0.3) is 0 Å². The van der Waals surface area contributed by atoms with Gasteiger partial charge in [-0.15, -0.1) is 0 Å². The summed E-state index contributed by atoms with van der Waals surface area (Å²) >= 11 is 0. The van der Waals surface area contributed by atoms with Gasteiger partial charge in [-0.25, -0.2) is 8.42 Å². The largest absolute Gasteiger partial charge is 0.493 e. The highest BCUT2D eigenvalue weighted by Gasteiger charge is 2.39. The standard InChI is InChI=1S/C33H36F3N3O4S/c34-33(35,36)25-8-6-9-26(20-25)44(41,42)39-17-13-24-7-2-3-10-27(24)30(39)21-32(40)37-29-14-18-43-31-19-23(11-12-28(29)31)22-38-15-4-1-5-16-38/h2-3,6-12,19-20,29-30H,1,4-5,13-18,21-22H2,(H,37,40)/t29-,30?/m1/s1. The van der Waals surface area contributed by atoms with Gasteiger partial charge in [0, 0.05) is 31.5 Å². The van der Waals surface area contributed by atoms with Crippen LogP contribution in [0.1, 0.15) is 72.0 Å². The monoisotopic (exact) mass is 627 g/mol. The van der Waals surface area contributed by atoms with Gasteiger partial charge in [0.1, 0.15) is 5.75 Å². The third-order valence-electron chi connectivity index (χ3n) is 8.82. The van der Waals surface area contributed by atoms with Crippen LogP contribution in [0.25, 0.3) is 0 Å². The molecule has 1 saturated heterocycles. The van der Waals surface area contributed by atoms with Crippen molar-refractivity contribution in [2.45, 2.75) is 68.2 Å². The van der Waals surface area contributed by atoms with E-state index in [-0.39, 0.29) is 24.9 Å². The number of alkyl halides is 3. The molecule has 2 atom stereocenters. The quantitative estimate of drug-likeness (QED) is 0.347. The lowest BCUT2D eigenvalue weighted by atomic mass is 9.92. The number of halogens is 3. The molecule has 0 aliphatic carbocycles. The maximum absolute atomic E-state index is 13.8. The highest BCUT2D eigenvalue weighted by Crippen LogP contribution is 2.39. The van der Waals surface area contributed by atoms with Gasteiger partial charge in [0.15, 0.2) is 0 Å². The Morgan fingerprint density at radius 2 is 1.73 bits per heavy atom. The Hall–Kier alpha value is -3.41. The molecule has 234 valence electrons. The molecule has 0 spiro atoms. The van der Waals surface area contributed by atoms with Crippen molar-refractivity contribution in [1.29, 1.82) is 0 Å². The lowest BCUT2D eigenvalue weighted by molar-refractivity contribution is -0.137. The number of sulfonamides is 1. The number of hydrogen-bond donors (Lipinski definition) is 1. The first-order chi connectivity index (χ1) is 21.1. The molecule has 0 bridgehead atoms. The molecule has 0 aromatic heterocycles. The second-order valence-electron chi connectivity index (χ2n) is 11.8. The summed E-state index contributed by atoms with van der Waals surface area (Å²) in [6.45, 7) is 3.51. The van der Waals surface area contributed by atoms with E-state index < -0.39 is 32.7 Å². The molecule has 0 saturated carbocycles. The van der Waals surface area contributed by atoms with Crippen molar-refractivity contribution in [1.82, 2.24) is 14.5 Å². The number of hydrogen-bond acceptors (Lipinski definition) is 5. The SMILES string of the molecule is O=C(CC1c2ccccc2CCN1S(=O)(=O)c1cccc(C(F)(F)F)c1)N[C@@H]1CCOc2cc(CN3CCCCC3)ccc21. The molecule has 3 aromatic carbocycles. The number of benzene rings is 3. The number of fused-ring (bicyclic) bond motifs is 2. The summed E-state index contributed by atoms with van der Waals surface area (Å²) in [5.74, 6) is 0.402. The molecule has 1 N–H and O–H groups in total. The number of ether oxygens (including phenoxy) is 1. The van der Waals surface area contributed by atoms with Crippen LogP contribution in [-0.4, -0.2) is 49.8 Å². The number of nitrogens with zero attached hydrogens (tertiary/aromatic N) is 2. The van der Waals surface area contributed by atoms with Crippen molar-refractivity contribution in [3.8, 4) is 5.75 Å². The minimum atomic E-state index is -4.69. The predicted octanol–water partition coefficient (Wildman–Crippen LogP) is 6.01. The molecule has 3 aromatic rings. The van der Waals surface area contributed by atoms with Crippen LogP contribution in [0.5, 0.6) is 5.75 Å². The van der Waals surface area contributed by atoms with E-state index in [0.717, 1.165) is 54.2 Å². The van der Waals surface area contributed by atoms with E-state index in [1.165, 1.54) is 29.6 Å². The number of nitrogens with one attached hydrogen (secondary N) is 1. The average molecular weight is 628 g/mol. The van der Waals surface area contributed by atoms with Crippen LogP contribution in [0, 0.1) is 0 Å². The van der Waals surface area contributed by atoms with E-state index in [0.29, 0.717) is 31.1 Å². The van der Waals surface area contributed by atoms with Crippen LogP contribution in [0.15, 0.2) is 71.6 Å². The molecule has 6 rings (SSSR count). The van der Waals surface area contributed by atoms with Gasteiger partial charge < -0.3 is 10.1 Å². The Labute approximate surface area is 256 Å². The third kappa shape index (κ3) is 6.50. The summed E-state index contributed by atoms with van der Waals surface area (Å²) in [7, 11) is -4.35. The normalized spacial score (nSPS) is 21.2. The fraction of sp³-hybridized carbons (Fsp3) is 0.424. The second-order valence-corrected chi connectivity index (χ2v) is 13.7. The van der Waals surface area contributed by atoms with Crippen LogP contribution < -0.4 is 10.1 Å². The van der Waals surface area contributed by atoms with Gasteiger partial charge in [-0.05, 0) is 73.3 Å². The predicted molar refractivity (Wildman–Crippen MR) is 159 cm³/mol. The summed E-state index contributed by atoms with van der Waals surface area (Å²) in [6.07, 6.45) is -0.216. The van der Waals surface area contributed by atoms with Gasteiger partial charge >= 0.3 is 6.18 Å². The van der Waals surface area contributed by atoms with E-state index in [1.54, 1.807) is 12.1 Å². The number of carbonyl (C=O) groups excluding carboxylic acids is 1. The second kappa shape index (κ2) is 12.5. The van der Waals surface area contributed by atoms with Crippen molar-refractivity contribution in [3.05, 3.63) is 94.5 Å². The van der Waals surface area contributed by atoms with Crippen molar-refractivity contribution in [2.75, 3.05) is 26.2 Å². The molecule has 44 heavy (non-hydrogen) atoms. The third-order valence-corrected chi connectivity index (χ3v) is 10.7. The molecule has 11 heteroatoms. The smallest absolute Gasteiger partial charge is 0.416 e. The van der Waals surface area contributed by atoms with Crippen LogP contribution in [0.2, 0.25) is 0 Å². The Balaban J connectivity index is 1.22. The lowest BCUT2D eigenvalue weighted by Gasteiger charge is -2.36. The fourth-order valence-corrected chi connectivity index (χ4v) is 8.24. The topological polar surface area (TPSA) is 79.0 Å². The number of rotatable bonds is 7. The highest BCUT2D eigenvalue weighted by molar-refractivity contribution is 7.89. The zero-order chi connectivity index (χ0) is 30.9. The van der Waals surface area contributed by atoms with E-state index in [4.69, 9.17) is 4.74 Å². The molecule has 1 fully saturated rings. The Bertz CT molecular complexity index is 1620. The first-order valence-electron chi connectivity index (χ1n) is 15.1. The van der Waals surface area contributed by atoms with Gasteiger partial charge in [-0.2, -0.15) is 17.5 Å². The van der Waals surface area contributed by atoms with Gasteiger partial charge in [0.05, 0.1) is 29.1 Å². The molecule has 3 heterocycles. The van der Waals surface area contributed by atoms with Crippen molar-refractivity contribution >= 4 is 15.9 Å². The first-order valence-corrected chi connectivity index (χ1v) is 16.6. The lowest BCUT2D eigenvalue weighted by Crippen LogP contribution is -2.43. The van der Waals surface area contributed by atoms with Crippen molar-refractivity contribution in [3.63, 3.8) is 0 Å². The highest BCUT2D eigenvalue weighted by atomic mass is 32.2. The van der Waals surface area contributed by atoms with Crippen LogP contribution in [-0.2, 0) is 34.0 Å². The molecular formula is C33H36F3N3O4S. The van der Waals surface area contributed by atoms with E-state index in [1.807, 2.05) is 24.3 Å². The minimum absolute atomic E-state index is 0.0490. The van der Waals surface area contributed by atoms with Crippen LogP contribution in [0.3, 0.4) is 0 Å². The van der Waals surface area contributed by atoms with Crippen LogP contribution >= 0.6 is 0 Å². The summed E-state index contributed by atoms with van der Waals surface area (Å²) in [6, 6.07) is 16.0. The number of amides is 1. The van der Waals surface area contributed by atoms with E-state index in [9.17, 15) is 26.4 Å². The van der Waals surface area contributed by atoms with E-state index in [2.05, 4.69) is 16.3 Å². The molecule has 0 radical (unpaired) electrons. The minimum Gasteiger partial charge on any atom is -0.493 e. The summed E-state index contributed by atoms with van der Waals surface area (Å²) in [5.41, 5.74) is 2.59. The number of carbonyl (C=O) groups is 1. The first kappa shape index (κ1) is 30.6. The van der Waals surface area contributed by atoms with Gasteiger partial charge in [0.2, 0.25) is 15.9 Å².